The molecule has 0 aromatic heterocycles. The highest BCUT2D eigenvalue weighted by Crippen LogP contribution is 2.65. The SMILES string of the molecule is CN1CC[C@]23c4c5ccc(C=O)c4O[C@H]2C(=O)C[C@@H](O)[C@@]3(O)[C@H]1C5.CN1CC[C@]23c4c5ccc(C=O)c4O[C@H]2C(=O)C[C@H](O)[C@@]3(O)[C@H]1C5. The molecule has 8 aliphatic rings. The summed E-state index contributed by atoms with van der Waals surface area (Å²) in [6.45, 7) is 1.41. The van der Waals surface area contributed by atoms with Crippen LogP contribution in [0.5, 0.6) is 11.5 Å². The molecule has 4 bridgehead atoms. The highest BCUT2D eigenvalue weighted by Gasteiger charge is 2.77. The van der Waals surface area contributed by atoms with Gasteiger partial charge in [-0.15, -0.1) is 0 Å². The Balaban J connectivity index is 0.000000131. The summed E-state index contributed by atoms with van der Waals surface area (Å²) in [7, 11) is 3.88. The van der Waals surface area contributed by atoms with Gasteiger partial charge in [0, 0.05) is 36.1 Å². The minimum absolute atomic E-state index is 0.118. The number of ether oxygens (including phenoxy) is 2. The molecule has 4 heterocycles. The molecule has 4 aliphatic carbocycles. The van der Waals surface area contributed by atoms with Crippen molar-refractivity contribution >= 4 is 24.1 Å². The van der Waals surface area contributed by atoms with Gasteiger partial charge in [0.05, 0.1) is 34.2 Å². The van der Waals surface area contributed by atoms with Crippen LogP contribution >= 0.6 is 0 Å². The number of carbonyl (C=O) groups is 4. The van der Waals surface area contributed by atoms with Gasteiger partial charge in [0.25, 0.3) is 0 Å². The van der Waals surface area contributed by atoms with E-state index in [1.54, 1.807) is 12.1 Å². The Labute approximate surface area is 276 Å². The summed E-state index contributed by atoms with van der Waals surface area (Å²) < 4.78 is 12.0. The van der Waals surface area contributed by atoms with Crippen LogP contribution < -0.4 is 9.47 Å². The number of likely N-dealkylation sites (tertiary alicyclic amines) is 2. The van der Waals surface area contributed by atoms with E-state index >= 15 is 0 Å². The van der Waals surface area contributed by atoms with E-state index < -0.39 is 46.4 Å². The van der Waals surface area contributed by atoms with Gasteiger partial charge in [-0.25, -0.2) is 0 Å². The van der Waals surface area contributed by atoms with Crippen molar-refractivity contribution < 1.29 is 49.1 Å². The van der Waals surface area contributed by atoms with E-state index in [0.29, 0.717) is 61.4 Å². The summed E-state index contributed by atoms with van der Waals surface area (Å²) in [6, 6.07) is 6.68. The van der Waals surface area contributed by atoms with Gasteiger partial charge in [-0.3, -0.25) is 19.2 Å². The topological polar surface area (TPSA) is 174 Å². The summed E-state index contributed by atoms with van der Waals surface area (Å²) in [6.07, 6.45) is -0.509. The molecule has 252 valence electrons. The fourth-order valence-corrected chi connectivity index (χ4v) is 11.4. The molecular weight excluding hydrogens is 620 g/mol. The number of carbonyl (C=O) groups excluding carboxylic acids is 4. The van der Waals surface area contributed by atoms with Gasteiger partial charge < -0.3 is 39.7 Å². The lowest BCUT2D eigenvalue weighted by Gasteiger charge is -2.63. The maximum atomic E-state index is 12.7. The second-order valence-electron chi connectivity index (χ2n) is 15.1. The Kier molecular flexibility index (Phi) is 6.10. The first-order valence-electron chi connectivity index (χ1n) is 16.7. The van der Waals surface area contributed by atoms with Crippen molar-refractivity contribution in [2.75, 3.05) is 27.2 Å². The van der Waals surface area contributed by atoms with Crippen molar-refractivity contribution in [2.45, 2.75) is 97.1 Å². The minimum Gasteiger partial charge on any atom is -0.481 e. The van der Waals surface area contributed by atoms with Crippen LogP contribution in [0.15, 0.2) is 24.3 Å². The van der Waals surface area contributed by atoms with E-state index in [0.717, 1.165) is 34.8 Å². The second kappa shape index (κ2) is 9.58. The summed E-state index contributed by atoms with van der Waals surface area (Å²) >= 11 is 0. The largest absolute Gasteiger partial charge is 0.481 e. The zero-order valence-electron chi connectivity index (χ0n) is 26.7. The lowest BCUT2D eigenvalue weighted by atomic mass is 9.48. The van der Waals surface area contributed by atoms with Crippen molar-refractivity contribution in [2.24, 2.45) is 0 Å². The monoisotopic (exact) mass is 658 g/mol. The standard InChI is InChI=1S/2C18H19NO5/c2*1-19-5-4-17-14-9-2-3-10(8-20)15(14)24-16(17)11(21)7-13(22)18(17,23)12(19)6-9/h2*2-3,8,12-13,16,22-23H,4-7H2,1H3/t12-,13+,16+,17+,18+;12-,13-,16+,17+,18+/m11/s1. The number of nitrogens with zero attached hydrogens (tertiary/aromatic N) is 2. The van der Waals surface area contributed by atoms with Crippen LogP contribution in [0.4, 0.5) is 0 Å². The number of aliphatic hydroxyl groups excluding tert-OH is 2. The predicted molar refractivity (Wildman–Crippen MR) is 166 cm³/mol. The summed E-state index contributed by atoms with van der Waals surface area (Å²) in [4.78, 5) is 52.3. The third kappa shape index (κ3) is 3.14. The molecule has 0 unspecified atom stereocenters. The molecule has 2 aromatic rings. The molecule has 10 rings (SSSR count). The van der Waals surface area contributed by atoms with Gasteiger partial charge in [-0.1, -0.05) is 12.1 Å². The lowest BCUT2D eigenvalue weighted by Crippen LogP contribution is -2.80. The van der Waals surface area contributed by atoms with E-state index in [9.17, 15) is 39.6 Å². The summed E-state index contributed by atoms with van der Waals surface area (Å²) in [5.41, 5.74) is -0.452. The van der Waals surface area contributed by atoms with E-state index in [4.69, 9.17) is 9.47 Å². The van der Waals surface area contributed by atoms with Gasteiger partial charge in [-0.2, -0.15) is 0 Å². The number of aliphatic hydroxyl groups is 4. The number of rotatable bonds is 2. The number of aldehydes is 2. The maximum Gasteiger partial charge on any atom is 0.177 e. The van der Waals surface area contributed by atoms with Gasteiger partial charge in [0.15, 0.2) is 36.3 Å². The average molecular weight is 659 g/mol. The number of benzene rings is 2. The Morgan fingerprint density at radius 1 is 0.688 bits per heavy atom. The molecule has 48 heavy (non-hydrogen) atoms. The van der Waals surface area contributed by atoms with Crippen LogP contribution in [0, 0.1) is 0 Å². The first-order valence-corrected chi connectivity index (χ1v) is 16.7. The van der Waals surface area contributed by atoms with Crippen LogP contribution in [0.25, 0.3) is 0 Å². The van der Waals surface area contributed by atoms with E-state index in [-0.39, 0.29) is 36.5 Å². The van der Waals surface area contributed by atoms with Crippen molar-refractivity contribution in [3.8, 4) is 11.5 Å². The molecule has 2 saturated carbocycles. The maximum absolute atomic E-state index is 12.7. The lowest BCUT2D eigenvalue weighted by molar-refractivity contribution is -0.226. The van der Waals surface area contributed by atoms with Crippen molar-refractivity contribution in [3.63, 3.8) is 0 Å². The van der Waals surface area contributed by atoms with Gasteiger partial charge in [0.2, 0.25) is 0 Å². The number of piperidine rings is 2. The highest BCUT2D eigenvalue weighted by atomic mass is 16.5. The number of hydrogen-bond donors (Lipinski definition) is 4. The molecule has 4 N–H and O–H groups in total. The molecule has 2 saturated heterocycles. The fourth-order valence-electron chi connectivity index (χ4n) is 11.4. The van der Waals surface area contributed by atoms with E-state index in [1.165, 1.54) is 0 Å². The van der Waals surface area contributed by atoms with Crippen molar-refractivity contribution in [1.82, 2.24) is 9.80 Å². The zero-order valence-corrected chi connectivity index (χ0v) is 26.7. The quantitative estimate of drug-likeness (QED) is 0.309. The second-order valence-corrected chi connectivity index (χ2v) is 15.1. The Morgan fingerprint density at radius 2 is 1.08 bits per heavy atom. The van der Waals surface area contributed by atoms with Crippen LogP contribution in [0.3, 0.4) is 0 Å². The van der Waals surface area contributed by atoms with E-state index in [1.807, 2.05) is 26.2 Å². The Morgan fingerprint density at radius 3 is 1.46 bits per heavy atom. The van der Waals surface area contributed by atoms with Crippen LogP contribution in [0.2, 0.25) is 0 Å². The van der Waals surface area contributed by atoms with Crippen molar-refractivity contribution in [3.05, 3.63) is 57.6 Å². The molecule has 0 radical (unpaired) electrons. The summed E-state index contributed by atoms with van der Waals surface area (Å²) in [5, 5.41) is 44.9. The Hall–Kier alpha value is -3.52. The molecule has 4 fully saturated rings. The summed E-state index contributed by atoms with van der Waals surface area (Å²) in [5.74, 6) is 0.459. The fraction of sp³-hybridized carbons (Fsp3) is 0.556. The average Bonchev–Trinajstić information content (AvgIpc) is 3.61. The number of ketones is 2. The van der Waals surface area contributed by atoms with Gasteiger partial charge >= 0.3 is 0 Å². The normalized spacial score (nSPS) is 42.5. The number of hydrogen-bond acceptors (Lipinski definition) is 12. The molecule has 10 atom stereocenters. The third-order valence-corrected chi connectivity index (χ3v) is 13.5. The predicted octanol–water partition coefficient (Wildman–Crippen LogP) is -0.354. The minimum atomic E-state index is -1.45. The van der Waals surface area contributed by atoms with Crippen molar-refractivity contribution in [1.29, 1.82) is 0 Å². The van der Waals surface area contributed by atoms with Gasteiger partial charge in [-0.05, 0) is 76.1 Å². The molecule has 12 nitrogen and oxygen atoms in total. The first kappa shape index (κ1) is 30.5. The molecule has 2 spiro atoms. The van der Waals surface area contributed by atoms with Crippen LogP contribution in [-0.4, -0.2) is 129 Å². The van der Waals surface area contributed by atoms with Gasteiger partial charge in [0.1, 0.15) is 22.7 Å². The van der Waals surface area contributed by atoms with Crippen LogP contribution in [0.1, 0.15) is 68.7 Å². The van der Waals surface area contributed by atoms with E-state index in [2.05, 4.69) is 9.80 Å². The smallest absolute Gasteiger partial charge is 0.177 e. The molecule has 2 aromatic carbocycles. The van der Waals surface area contributed by atoms with Crippen LogP contribution in [-0.2, 0) is 33.3 Å². The molecule has 0 amide bonds. The molecular formula is C36H38N2O10. The molecule has 12 heteroatoms. The number of Topliss-reactive ketones (excluding diaryl/α,β-unsaturated/α-hetero) is 2. The first-order chi connectivity index (χ1) is 22.9. The Bertz CT molecular complexity index is 1720. The molecule has 4 aliphatic heterocycles. The zero-order chi connectivity index (χ0) is 33.7. The third-order valence-electron chi connectivity index (χ3n) is 13.5. The number of likely N-dealkylation sites (N-methyl/N-ethyl adjacent to an activating group) is 2. The highest BCUT2D eigenvalue weighted by molar-refractivity contribution is 5.93.